The zero-order chi connectivity index (χ0) is 11.7. The van der Waals surface area contributed by atoms with E-state index in [0.29, 0.717) is 0 Å². The lowest BCUT2D eigenvalue weighted by atomic mass is 10.1. The van der Waals surface area contributed by atoms with Gasteiger partial charge in [0.05, 0.1) is 5.52 Å². The lowest BCUT2D eigenvalue weighted by Gasteiger charge is -2.16. The molecule has 0 bridgehead atoms. The average Bonchev–Trinajstić information content (AvgIpc) is 2.95. The quantitative estimate of drug-likeness (QED) is 0.787. The molecule has 1 fully saturated rings. The highest BCUT2D eigenvalue weighted by Gasteiger charge is 2.24. The number of nitrogens with zero attached hydrogens (tertiary/aromatic N) is 2. The van der Waals surface area contributed by atoms with Gasteiger partial charge in [0.2, 0.25) is 0 Å². The highest BCUT2D eigenvalue weighted by molar-refractivity contribution is 7.11. The summed E-state index contributed by atoms with van der Waals surface area (Å²) in [6, 6.07) is 8.39. The van der Waals surface area contributed by atoms with Crippen molar-refractivity contribution in [2.75, 3.05) is 23.9 Å². The van der Waals surface area contributed by atoms with Crippen molar-refractivity contribution in [2.45, 2.75) is 12.8 Å². The molecule has 3 rings (SSSR count). The summed E-state index contributed by atoms with van der Waals surface area (Å²) in [6.45, 7) is 2.28. The van der Waals surface area contributed by atoms with Gasteiger partial charge in [-0.25, -0.2) is 0 Å². The van der Waals surface area contributed by atoms with Gasteiger partial charge in [-0.05, 0) is 42.4 Å². The van der Waals surface area contributed by atoms with E-state index in [4.69, 9.17) is 11.6 Å². The number of rotatable bonds is 3. The Morgan fingerprint density at radius 1 is 1.41 bits per heavy atom. The lowest BCUT2D eigenvalue weighted by Crippen LogP contribution is -2.18. The van der Waals surface area contributed by atoms with Crippen molar-refractivity contribution in [3.63, 3.8) is 0 Å². The van der Waals surface area contributed by atoms with Crippen LogP contribution in [0.15, 0.2) is 24.3 Å². The zero-order valence-electron chi connectivity index (χ0n) is 9.60. The number of hydrogen-bond acceptors (Lipinski definition) is 3. The van der Waals surface area contributed by atoms with Crippen LogP contribution in [0.25, 0.3) is 10.9 Å². The van der Waals surface area contributed by atoms with Crippen LogP contribution >= 0.6 is 23.1 Å². The van der Waals surface area contributed by atoms with Gasteiger partial charge in [0.1, 0.15) is 5.00 Å². The molecule has 90 valence electrons. The maximum absolute atomic E-state index is 5.82. The van der Waals surface area contributed by atoms with Crippen molar-refractivity contribution in [1.29, 1.82) is 0 Å². The second kappa shape index (κ2) is 4.83. The van der Waals surface area contributed by atoms with Crippen molar-refractivity contribution in [3.05, 3.63) is 24.3 Å². The van der Waals surface area contributed by atoms with Crippen molar-refractivity contribution in [1.82, 2.24) is 4.37 Å². The molecule has 17 heavy (non-hydrogen) atoms. The Morgan fingerprint density at radius 2 is 2.29 bits per heavy atom. The maximum atomic E-state index is 5.82. The molecule has 1 atom stereocenters. The third-order valence-electron chi connectivity index (χ3n) is 3.46. The summed E-state index contributed by atoms with van der Waals surface area (Å²) in [5, 5.41) is 2.63. The molecular formula is C13H15ClN2S. The van der Waals surface area contributed by atoms with Crippen LogP contribution in [0.5, 0.6) is 0 Å². The van der Waals surface area contributed by atoms with Crippen molar-refractivity contribution >= 4 is 39.0 Å². The molecule has 2 heterocycles. The molecule has 1 aromatic carbocycles. The Hall–Kier alpha value is -0.800. The SMILES string of the molecule is ClCCC1CCN(c2snc3ccccc23)C1. The molecule has 0 N–H and O–H groups in total. The first-order valence-corrected chi connectivity index (χ1v) is 7.34. The molecule has 0 saturated carbocycles. The average molecular weight is 267 g/mol. The molecule has 0 spiro atoms. The summed E-state index contributed by atoms with van der Waals surface area (Å²) in [5.74, 6) is 1.54. The molecule has 1 aromatic heterocycles. The van der Waals surface area contributed by atoms with Crippen LogP contribution in [0.1, 0.15) is 12.8 Å². The Balaban J connectivity index is 1.85. The van der Waals surface area contributed by atoms with Crippen LogP contribution in [0.4, 0.5) is 5.00 Å². The van der Waals surface area contributed by atoms with Crippen LogP contribution < -0.4 is 4.90 Å². The molecular weight excluding hydrogens is 252 g/mol. The number of alkyl halides is 1. The van der Waals surface area contributed by atoms with Gasteiger partial charge < -0.3 is 4.90 Å². The monoisotopic (exact) mass is 266 g/mol. The smallest absolute Gasteiger partial charge is 0.119 e. The molecule has 0 amide bonds. The van der Waals surface area contributed by atoms with Crippen LogP contribution in [0, 0.1) is 5.92 Å². The fraction of sp³-hybridized carbons (Fsp3) is 0.462. The lowest BCUT2D eigenvalue weighted by molar-refractivity contribution is 0.572. The second-order valence-electron chi connectivity index (χ2n) is 4.58. The van der Waals surface area contributed by atoms with Crippen molar-refractivity contribution in [3.8, 4) is 0 Å². The first-order chi connectivity index (χ1) is 8.38. The number of fused-ring (bicyclic) bond motifs is 1. The minimum absolute atomic E-state index is 0.758. The van der Waals surface area contributed by atoms with Gasteiger partial charge in [0, 0.05) is 24.4 Å². The van der Waals surface area contributed by atoms with Gasteiger partial charge in [-0.1, -0.05) is 12.1 Å². The molecule has 1 saturated heterocycles. The second-order valence-corrected chi connectivity index (χ2v) is 5.71. The van der Waals surface area contributed by atoms with E-state index >= 15 is 0 Å². The van der Waals surface area contributed by atoms with Gasteiger partial charge in [0.25, 0.3) is 0 Å². The highest BCUT2D eigenvalue weighted by atomic mass is 35.5. The fourth-order valence-electron chi connectivity index (χ4n) is 2.51. The molecule has 1 unspecified atom stereocenters. The third-order valence-corrected chi connectivity index (χ3v) is 4.61. The van der Waals surface area contributed by atoms with E-state index in [1.807, 2.05) is 6.07 Å². The molecule has 2 aromatic rings. The Kier molecular flexibility index (Phi) is 3.21. The molecule has 0 aliphatic carbocycles. The van der Waals surface area contributed by atoms with Gasteiger partial charge in [0.15, 0.2) is 0 Å². The minimum Gasteiger partial charge on any atom is -0.361 e. The standard InChI is InChI=1S/C13H15ClN2S/c14-7-5-10-6-8-16(9-10)13-11-3-1-2-4-12(11)15-17-13/h1-4,10H,5-9H2. The van der Waals surface area contributed by atoms with Gasteiger partial charge in [-0.2, -0.15) is 4.37 Å². The van der Waals surface area contributed by atoms with Crippen LogP contribution in [0.2, 0.25) is 0 Å². The molecule has 1 aliphatic rings. The Morgan fingerprint density at radius 3 is 3.18 bits per heavy atom. The Labute approximate surface area is 110 Å². The third kappa shape index (κ3) is 2.14. The number of aromatic nitrogens is 1. The van der Waals surface area contributed by atoms with E-state index in [1.165, 1.54) is 16.8 Å². The van der Waals surface area contributed by atoms with E-state index in [2.05, 4.69) is 27.5 Å². The van der Waals surface area contributed by atoms with Gasteiger partial charge in [-0.3, -0.25) is 0 Å². The molecule has 4 heteroatoms. The first-order valence-electron chi connectivity index (χ1n) is 6.04. The van der Waals surface area contributed by atoms with E-state index in [1.54, 1.807) is 11.5 Å². The summed E-state index contributed by atoms with van der Waals surface area (Å²) in [7, 11) is 0. The molecule has 2 nitrogen and oxygen atoms in total. The number of anilines is 1. The first kappa shape index (κ1) is 11.3. The molecule has 1 aliphatic heterocycles. The summed E-state index contributed by atoms with van der Waals surface area (Å²) >= 11 is 7.44. The molecule has 0 radical (unpaired) electrons. The van der Waals surface area contributed by atoms with E-state index in [0.717, 1.165) is 36.8 Å². The predicted molar refractivity (Wildman–Crippen MR) is 75.3 cm³/mol. The van der Waals surface area contributed by atoms with E-state index in [-0.39, 0.29) is 0 Å². The van der Waals surface area contributed by atoms with Gasteiger partial charge >= 0.3 is 0 Å². The van der Waals surface area contributed by atoms with Crippen molar-refractivity contribution in [2.24, 2.45) is 5.92 Å². The number of hydrogen-bond donors (Lipinski definition) is 0. The number of halogens is 1. The summed E-state index contributed by atoms with van der Waals surface area (Å²) in [4.78, 5) is 2.47. The van der Waals surface area contributed by atoms with E-state index in [9.17, 15) is 0 Å². The van der Waals surface area contributed by atoms with Crippen LogP contribution in [-0.4, -0.2) is 23.3 Å². The highest BCUT2D eigenvalue weighted by Crippen LogP contribution is 2.35. The predicted octanol–water partition coefficient (Wildman–Crippen LogP) is 3.75. The topological polar surface area (TPSA) is 16.1 Å². The minimum atomic E-state index is 0.758. The fourth-order valence-corrected chi connectivity index (χ4v) is 3.72. The van der Waals surface area contributed by atoms with Crippen LogP contribution in [-0.2, 0) is 0 Å². The summed E-state index contributed by atoms with van der Waals surface area (Å²) in [5.41, 5.74) is 1.12. The maximum Gasteiger partial charge on any atom is 0.119 e. The Bertz CT molecular complexity index is 511. The largest absolute Gasteiger partial charge is 0.361 e. The van der Waals surface area contributed by atoms with Gasteiger partial charge in [-0.15, -0.1) is 11.6 Å². The summed E-state index contributed by atoms with van der Waals surface area (Å²) < 4.78 is 4.51. The summed E-state index contributed by atoms with van der Waals surface area (Å²) in [6.07, 6.45) is 2.40. The van der Waals surface area contributed by atoms with E-state index < -0.39 is 0 Å². The van der Waals surface area contributed by atoms with Crippen molar-refractivity contribution < 1.29 is 0 Å². The number of benzene rings is 1. The normalized spacial score (nSPS) is 20.3. The zero-order valence-corrected chi connectivity index (χ0v) is 11.2. The van der Waals surface area contributed by atoms with Crippen LogP contribution in [0.3, 0.4) is 0 Å².